The Morgan fingerprint density at radius 3 is 2.86 bits per heavy atom. The molecule has 1 N–H and O–H groups in total. The van der Waals surface area contributed by atoms with E-state index < -0.39 is 6.10 Å². The van der Waals surface area contributed by atoms with Gasteiger partial charge in [-0.15, -0.1) is 0 Å². The quantitative estimate of drug-likeness (QED) is 0.629. The van der Waals surface area contributed by atoms with Crippen molar-refractivity contribution in [3.63, 3.8) is 0 Å². The lowest BCUT2D eigenvalue weighted by atomic mass is 9.88. The van der Waals surface area contributed by atoms with E-state index in [1.165, 1.54) is 13.2 Å². The van der Waals surface area contributed by atoms with Crippen LogP contribution in [0, 0.1) is 17.7 Å². The van der Waals surface area contributed by atoms with Gasteiger partial charge in [-0.25, -0.2) is 4.39 Å². The molecule has 0 aliphatic heterocycles. The summed E-state index contributed by atoms with van der Waals surface area (Å²) in [4.78, 5) is 11.4. The molecule has 1 aromatic rings. The van der Waals surface area contributed by atoms with Gasteiger partial charge in [0.15, 0.2) is 0 Å². The lowest BCUT2D eigenvalue weighted by molar-refractivity contribution is -0.141. The van der Waals surface area contributed by atoms with Gasteiger partial charge in [-0.3, -0.25) is 4.79 Å². The standard InChI is InChI=1S/C17H22BrFO3/c1-22-15(20)10-11-4-2-5-12(9-8-11)17(21)16-13(18)6-3-7-14(16)19/h3,6-7,11-12,17,21H,2,4-5,8-10H2,1H3/t11-,12?,17-/m1/s1. The molecule has 1 aliphatic carbocycles. The van der Waals surface area contributed by atoms with Crippen LogP contribution in [0.15, 0.2) is 22.7 Å². The molecule has 1 unspecified atom stereocenters. The number of carbonyl (C=O) groups is 1. The summed E-state index contributed by atoms with van der Waals surface area (Å²) in [6.07, 6.45) is 4.02. The Labute approximate surface area is 139 Å². The fraction of sp³-hybridized carbons (Fsp3) is 0.588. The summed E-state index contributed by atoms with van der Waals surface area (Å²) in [5.41, 5.74) is 0.346. The number of aliphatic hydroxyl groups is 1. The largest absolute Gasteiger partial charge is 0.469 e. The molecular weight excluding hydrogens is 351 g/mol. The normalized spacial score (nSPS) is 23.6. The van der Waals surface area contributed by atoms with E-state index in [4.69, 9.17) is 4.74 Å². The van der Waals surface area contributed by atoms with E-state index in [0.29, 0.717) is 22.4 Å². The van der Waals surface area contributed by atoms with E-state index in [9.17, 15) is 14.3 Å². The summed E-state index contributed by atoms with van der Waals surface area (Å²) in [5.74, 6) is -0.234. The Balaban J connectivity index is 2.03. The summed E-state index contributed by atoms with van der Waals surface area (Å²) >= 11 is 3.33. The van der Waals surface area contributed by atoms with E-state index in [1.807, 2.05) is 0 Å². The van der Waals surface area contributed by atoms with Crippen molar-refractivity contribution in [1.82, 2.24) is 0 Å². The molecule has 22 heavy (non-hydrogen) atoms. The van der Waals surface area contributed by atoms with Crippen LogP contribution in [0.1, 0.15) is 50.2 Å². The van der Waals surface area contributed by atoms with Crippen molar-refractivity contribution in [2.75, 3.05) is 7.11 Å². The summed E-state index contributed by atoms with van der Waals surface area (Å²) in [6.45, 7) is 0. The van der Waals surface area contributed by atoms with E-state index in [-0.39, 0.29) is 17.7 Å². The van der Waals surface area contributed by atoms with Crippen LogP contribution in [0.3, 0.4) is 0 Å². The van der Waals surface area contributed by atoms with Crippen LogP contribution >= 0.6 is 15.9 Å². The van der Waals surface area contributed by atoms with Crippen LogP contribution < -0.4 is 0 Å². The number of ether oxygens (including phenoxy) is 1. The maximum atomic E-state index is 14.0. The Kier molecular flexibility index (Phi) is 6.38. The monoisotopic (exact) mass is 372 g/mol. The molecule has 3 atom stereocenters. The average molecular weight is 373 g/mol. The first-order chi connectivity index (χ1) is 10.5. The number of halogens is 2. The SMILES string of the molecule is COC(=O)C[C@@H]1CCCC([C@@H](O)c2c(F)cccc2Br)CC1. The highest BCUT2D eigenvalue weighted by atomic mass is 79.9. The number of hydrogen-bond donors (Lipinski definition) is 1. The Morgan fingerprint density at radius 1 is 1.41 bits per heavy atom. The minimum absolute atomic E-state index is 0.0239. The molecule has 1 fully saturated rings. The Bertz CT molecular complexity index is 500. The van der Waals surface area contributed by atoms with Crippen LogP contribution in [0.25, 0.3) is 0 Å². The van der Waals surface area contributed by atoms with Gasteiger partial charge in [-0.1, -0.05) is 28.4 Å². The fourth-order valence-electron chi connectivity index (χ4n) is 3.28. The van der Waals surface area contributed by atoms with E-state index >= 15 is 0 Å². The topological polar surface area (TPSA) is 46.5 Å². The zero-order valence-electron chi connectivity index (χ0n) is 12.7. The zero-order chi connectivity index (χ0) is 16.1. The van der Waals surface area contributed by atoms with Gasteiger partial charge in [0.25, 0.3) is 0 Å². The number of rotatable bonds is 4. The van der Waals surface area contributed by atoms with Crippen molar-refractivity contribution < 1.29 is 19.0 Å². The van der Waals surface area contributed by atoms with Crippen molar-refractivity contribution in [2.24, 2.45) is 11.8 Å². The van der Waals surface area contributed by atoms with Crippen molar-refractivity contribution in [3.8, 4) is 0 Å². The lowest BCUT2D eigenvalue weighted by Gasteiger charge is -2.23. The van der Waals surface area contributed by atoms with Crippen LogP contribution in [0.4, 0.5) is 4.39 Å². The smallest absolute Gasteiger partial charge is 0.305 e. The highest BCUT2D eigenvalue weighted by Crippen LogP contribution is 2.39. The third-order valence-electron chi connectivity index (χ3n) is 4.56. The summed E-state index contributed by atoms with van der Waals surface area (Å²) < 4.78 is 19.3. The van der Waals surface area contributed by atoms with Crippen molar-refractivity contribution in [2.45, 2.75) is 44.6 Å². The number of hydrogen-bond acceptors (Lipinski definition) is 3. The molecule has 0 aromatic heterocycles. The molecule has 1 aromatic carbocycles. The van der Waals surface area contributed by atoms with Gasteiger partial charge in [0.1, 0.15) is 5.82 Å². The third kappa shape index (κ3) is 4.29. The molecule has 1 aliphatic rings. The highest BCUT2D eigenvalue weighted by molar-refractivity contribution is 9.10. The van der Waals surface area contributed by atoms with Crippen molar-refractivity contribution in [3.05, 3.63) is 34.1 Å². The van der Waals surface area contributed by atoms with Gasteiger partial charge < -0.3 is 9.84 Å². The van der Waals surface area contributed by atoms with E-state index in [2.05, 4.69) is 15.9 Å². The number of methoxy groups -OCH3 is 1. The molecule has 122 valence electrons. The number of carbonyl (C=O) groups excluding carboxylic acids is 1. The number of esters is 1. The maximum absolute atomic E-state index is 14.0. The van der Waals surface area contributed by atoms with Crippen LogP contribution in [0.2, 0.25) is 0 Å². The minimum Gasteiger partial charge on any atom is -0.469 e. The van der Waals surface area contributed by atoms with Crippen molar-refractivity contribution in [1.29, 1.82) is 0 Å². The van der Waals surface area contributed by atoms with Gasteiger partial charge in [-0.05, 0) is 49.7 Å². The molecule has 5 heteroatoms. The van der Waals surface area contributed by atoms with Crippen LogP contribution in [0.5, 0.6) is 0 Å². The predicted octanol–water partition coefficient (Wildman–Crippen LogP) is 4.38. The van der Waals surface area contributed by atoms with E-state index in [1.54, 1.807) is 12.1 Å². The molecule has 2 rings (SSSR count). The molecule has 1 saturated carbocycles. The molecule has 0 heterocycles. The van der Waals surface area contributed by atoms with E-state index in [0.717, 1.165) is 32.1 Å². The predicted molar refractivity (Wildman–Crippen MR) is 85.8 cm³/mol. The second-order valence-corrected chi connectivity index (χ2v) is 6.85. The molecule has 0 radical (unpaired) electrons. The summed E-state index contributed by atoms with van der Waals surface area (Å²) in [7, 11) is 1.40. The van der Waals surface area contributed by atoms with Crippen molar-refractivity contribution >= 4 is 21.9 Å². The molecular formula is C17H22BrFO3. The van der Waals surface area contributed by atoms with Crippen LogP contribution in [-0.2, 0) is 9.53 Å². The second-order valence-electron chi connectivity index (χ2n) is 5.99. The molecule has 0 saturated heterocycles. The minimum atomic E-state index is -0.813. The first-order valence-electron chi connectivity index (χ1n) is 7.71. The number of aliphatic hydroxyl groups excluding tert-OH is 1. The highest BCUT2D eigenvalue weighted by Gasteiger charge is 2.29. The second kappa shape index (κ2) is 8.06. The Morgan fingerprint density at radius 2 is 2.18 bits per heavy atom. The summed E-state index contributed by atoms with van der Waals surface area (Å²) in [5, 5.41) is 10.6. The fourth-order valence-corrected chi connectivity index (χ4v) is 3.85. The first-order valence-corrected chi connectivity index (χ1v) is 8.51. The van der Waals surface area contributed by atoms with Gasteiger partial charge >= 0.3 is 5.97 Å². The molecule has 0 spiro atoms. The zero-order valence-corrected chi connectivity index (χ0v) is 14.3. The Hall–Kier alpha value is -0.940. The number of benzene rings is 1. The third-order valence-corrected chi connectivity index (χ3v) is 5.25. The molecule has 0 bridgehead atoms. The van der Waals surface area contributed by atoms with Gasteiger partial charge in [0.05, 0.1) is 13.2 Å². The van der Waals surface area contributed by atoms with Gasteiger partial charge in [0, 0.05) is 16.5 Å². The lowest BCUT2D eigenvalue weighted by Crippen LogP contribution is -2.15. The molecule has 3 nitrogen and oxygen atoms in total. The van der Waals surface area contributed by atoms with Gasteiger partial charge in [0.2, 0.25) is 0 Å². The molecule has 0 amide bonds. The maximum Gasteiger partial charge on any atom is 0.305 e. The van der Waals surface area contributed by atoms with Crippen LogP contribution in [-0.4, -0.2) is 18.2 Å². The van der Waals surface area contributed by atoms with Gasteiger partial charge in [-0.2, -0.15) is 0 Å². The first kappa shape index (κ1) is 17.4. The average Bonchev–Trinajstić information content (AvgIpc) is 2.72. The summed E-state index contributed by atoms with van der Waals surface area (Å²) in [6, 6.07) is 4.74.